The molecule has 8 heteroatoms. The number of amides is 1. The first-order valence-electron chi connectivity index (χ1n) is 6.62. The van der Waals surface area contributed by atoms with Gasteiger partial charge >= 0.3 is 0 Å². The van der Waals surface area contributed by atoms with Gasteiger partial charge in [-0.1, -0.05) is 36.1 Å². The molecule has 0 radical (unpaired) electrons. The SMILES string of the molecule is O=C1/C(=C/c2ccc(O)cc2)SC(=S)N1C1CCS(=O)(=O)C1. The Bertz CT molecular complexity index is 768. The van der Waals surface area contributed by atoms with Gasteiger partial charge in [0, 0.05) is 0 Å². The van der Waals surface area contributed by atoms with Crippen LogP contribution in [0.4, 0.5) is 0 Å². The molecule has 0 spiro atoms. The Hall–Kier alpha value is -1.38. The second kappa shape index (κ2) is 5.68. The van der Waals surface area contributed by atoms with Crippen LogP contribution >= 0.6 is 24.0 Å². The number of carbonyl (C=O) groups is 1. The fourth-order valence-corrected chi connectivity index (χ4v) is 5.60. The number of phenols is 1. The van der Waals surface area contributed by atoms with Crippen LogP contribution in [0.15, 0.2) is 29.2 Å². The van der Waals surface area contributed by atoms with Crippen molar-refractivity contribution in [3.8, 4) is 5.75 Å². The molecule has 2 aliphatic heterocycles. The zero-order valence-corrected chi connectivity index (χ0v) is 13.9. The highest BCUT2D eigenvalue weighted by atomic mass is 32.2. The van der Waals surface area contributed by atoms with E-state index in [1.165, 1.54) is 28.8 Å². The first-order valence-corrected chi connectivity index (χ1v) is 9.67. The van der Waals surface area contributed by atoms with E-state index in [1.54, 1.807) is 18.2 Å². The molecule has 2 heterocycles. The Morgan fingerprint density at radius 3 is 2.59 bits per heavy atom. The van der Waals surface area contributed by atoms with Crippen molar-refractivity contribution in [2.24, 2.45) is 0 Å². The molecular formula is C14H13NO4S3. The fourth-order valence-electron chi connectivity index (χ4n) is 2.50. The summed E-state index contributed by atoms with van der Waals surface area (Å²) in [6, 6.07) is 6.11. The number of thiocarbonyl (C=S) groups is 1. The minimum atomic E-state index is -3.07. The average Bonchev–Trinajstić information content (AvgIpc) is 2.93. The predicted octanol–water partition coefficient (Wildman–Crippen LogP) is 1.78. The molecule has 0 bridgehead atoms. The van der Waals surface area contributed by atoms with E-state index in [9.17, 15) is 18.3 Å². The Morgan fingerprint density at radius 1 is 1.32 bits per heavy atom. The molecule has 2 fully saturated rings. The maximum atomic E-state index is 12.5. The van der Waals surface area contributed by atoms with Gasteiger partial charge in [0.1, 0.15) is 10.1 Å². The summed E-state index contributed by atoms with van der Waals surface area (Å²) in [5, 5.41) is 9.27. The maximum absolute atomic E-state index is 12.5. The monoisotopic (exact) mass is 355 g/mol. The number of hydrogen-bond donors (Lipinski definition) is 1. The van der Waals surface area contributed by atoms with Crippen molar-refractivity contribution in [2.45, 2.75) is 12.5 Å². The normalized spacial score (nSPS) is 26.1. The van der Waals surface area contributed by atoms with Gasteiger partial charge in [-0.2, -0.15) is 0 Å². The lowest BCUT2D eigenvalue weighted by atomic mass is 10.2. The number of carbonyl (C=O) groups excluding carboxylic acids is 1. The first-order chi connectivity index (χ1) is 10.4. The zero-order chi connectivity index (χ0) is 15.9. The summed E-state index contributed by atoms with van der Waals surface area (Å²) >= 11 is 6.42. The number of hydrogen-bond acceptors (Lipinski definition) is 6. The molecule has 0 aromatic heterocycles. The number of aromatic hydroxyl groups is 1. The molecule has 1 aromatic carbocycles. The van der Waals surface area contributed by atoms with Crippen molar-refractivity contribution in [1.82, 2.24) is 4.90 Å². The highest BCUT2D eigenvalue weighted by Crippen LogP contribution is 2.36. The van der Waals surface area contributed by atoms with Crippen LogP contribution in [0, 0.1) is 0 Å². The Labute approximate surface area is 137 Å². The van der Waals surface area contributed by atoms with Crippen LogP contribution < -0.4 is 0 Å². The molecule has 1 N–H and O–H groups in total. The second-order valence-corrected chi connectivity index (χ2v) is 9.10. The van der Waals surface area contributed by atoms with E-state index >= 15 is 0 Å². The first kappa shape index (κ1) is 15.5. The molecule has 1 unspecified atom stereocenters. The highest BCUT2D eigenvalue weighted by Gasteiger charge is 2.41. The lowest BCUT2D eigenvalue weighted by Crippen LogP contribution is -2.39. The third kappa shape index (κ3) is 3.04. The topological polar surface area (TPSA) is 74.7 Å². The van der Waals surface area contributed by atoms with Crippen LogP contribution in [0.25, 0.3) is 6.08 Å². The van der Waals surface area contributed by atoms with Gasteiger partial charge in [0.05, 0.1) is 22.5 Å². The Kier molecular flexibility index (Phi) is 4.00. The van der Waals surface area contributed by atoms with Gasteiger partial charge in [0.2, 0.25) is 0 Å². The van der Waals surface area contributed by atoms with Gasteiger partial charge in [0.15, 0.2) is 9.84 Å². The lowest BCUT2D eigenvalue weighted by molar-refractivity contribution is -0.123. The molecule has 22 heavy (non-hydrogen) atoms. The minimum Gasteiger partial charge on any atom is -0.508 e. The van der Waals surface area contributed by atoms with Crippen molar-refractivity contribution < 1.29 is 18.3 Å². The van der Waals surface area contributed by atoms with Gasteiger partial charge in [-0.05, 0) is 30.2 Å². The molecule has 1 amide bonds. The highest BCUT2D eigenvalue weighted by molar-refractivity contribution is 8.26. The van der Waals surface area contributed by atoms with Crippen LogP contribution in [-0.4, -0.2) is 46.2 Å². The van der Waals surface area contributed by atoms with Crippen molar-refractivity contribution in [1.29, 1.82) is 0 Å². The molecule has 1 aromatic rings. The van der Waals surface area contributed by atoms with Crippen molar-refractivity contribution in [3.05, 3.63) is 34.7 Å². The summed E-state index contributed by atoms with van der Waals surface area (Å²) in [4.78, 5) is 14.4. The lowest BCUT2D eigenvalue weighted by Gasteiger charge is -2.20. The fraction of sp³-hybridized carbons (Fsp3) is 0.286. The third-order valence-corrected chi connectivity index (χ3v) is 6.67. The molecule has 116 valence electrons. The molecule has 1 atom stereocenters. The number of phenolic OH excluding ortho intramolecular Hbond substituents is 1. The van der Waals surface area contributed by atoms with E-state index in [2.05, 4.69) is 0 Å². The smallest absolute Gasteiger partial charge is 0.266 e. The average molecular weight is 355 g/mol. The largest absolute Gasteiger partial charge is 0.508 e. The van der Waals surface area contributed by atoms with E-state index in [-0.39, 0.29) is 29.2 Å². The van der Waals surface area contributed by atoms with E-state index < -0.39 is 9.84 Å². The van der Waals surface area contributed by atoms with Crippen LogP contribution in [0.2, 0.25) is 0 Å². The van der Waals surface area contributed by atoms with Crippen LogP contribution in [0.1, 0.15) is 12.0 Å². The van der Waals surface area contributed by atoms with E-state index in [0.717, 1.165) is 5.56 Å². The Balaban J connectivity index is 1.84. The zero-order valence-electron chi connectivity index (χ0n) is 11.4. The molecule has 5 nitrogen and oxygen atoms in total. The van der Waals surface area contributed by atoms with Crippen LogP contribution in [-0.2, 0) is 14.6 Å². The summed E-state index contributed by atoms with van der Waals surface area (Å²) in [5.41, 5.74) is 0.775. The summed E-state index contributed by atoms with van der Waals surface area (Å²) in [6.45, 7) is 0. The van der Waals surface area contributed by atoms with Gasteiger partial charge < -0.3 is 5.11 Å². The van der Waals surface area contributed by atoms with Gasteiger partial charge in [-0.15, -0.1) is 0 Å². The third-order valence-electron chi connectivity index (χ3n) is 3.59. The minimum absolute atomic E-state index is 0.0219. The van der Waals surface area contributed by atoms with E-state index in [0.29, 0.717) is 15.6 Å². The van der Waals surface area contributed by atoms with Crippen LogP contribution in [0.3, 0.4) is 0 Å². The van der Waals surface area contributed by atoms with E-state index in [1.807, 2.05) is 0 Å². The molecule has 0 aliphatic carbocycles. The van der Waals surface area contributed by atoms with Gasteiger partial charge in [-0.3, -0.25) is 9.69 Å². The van der Waals surface area contributed by atoms with Crippen molar-refractivity contribution in [3.63, 3.8) is 0 Å². The van der Waals surface area contributed by atoms with Crippen molar-refractivity contribution in [2.75, 3.05) is 11.5 Å². The van der Waals surface area contributed by atoms with Gasteiger partial charge in [-0.25, -0.2) is 8.42 Å². The number of benzene rings is 1. The Morgan fingerprint density at radius 2 is 2.00 bits per heavy atom. The molecule has 3 rings (SSSR count). The molecule has 0 saturated carbocycles. The van der Waals surface area contributed by atoms with Gasteiger partial charge in [0.25, 0.3) is 5.91 Å². The van der Waals surface area contributed by atoms with Crippen molar-refractivity contribution >= 4 is 50.1 Å². The second-order valence-electron chi connectivity index (χ2n) is 5.20. The number of rotatable bonds is 2. The quantitative estimate of drug-likeness (QED) is 0.644. The maximum Gasteiger partial charge on any atom is 0.266 e. The number of sulfone groups is 1. The van der Waals surface area contributed by atoms with E-state index in [4.69, 9.17) is 12.2 Å². The molecular weight excluding hydrogens is 342 g/mol. The summed E-state index contributed by atoms with van der Waals surface area (Å²) < 4.78 is 23.6. The number of thioether (sulfide) groups is 1. The molecule has 2 saturated heterocycles. The molecule has 2 aliphatic rings. The predicted molar refractivity (Wildman–Crippen MR) is 90.2 cm³/mol. The summed E-state index contributed by atoms with van der Waals surface area (Å²) in [5.74, 6) is -0.0106. The summed E-state index contributed by atoms with van der Waals surface area (Å²) in [6.07, 6.45) is 2.13. The summed E-state index contributed by atoms with van der Waals surface area (Å²) in [7, 11) is -3.07. The standard InChI is InChI=1S/C14H13NO4S3/c16-11-3-1-9(2-4-11)7-12-13(17)15(14(20)21-12)10-5-6-22(18,19)8-10/h1-4,7,10,16H,5-6,8H2/b12-7-. The van der Waals surface area contributed by atoms with Crippen LogP contribution in [0.5, 0.6) is 5.75 Å². The number of nitrogens with zero attached hydrogens (tertiary/aromatic N) is 1.